The minimum atomic E-state index is -0.405. The predicted octanol–water partition coefficient (Wildman–Crippen LogP) is 4.23. The third kappa shape index (κ3) is 5.95. The van der Waals surface area contributed by atoms with Crippen LogP contribution in [0.5, 0.6) is 0 Å². The molecule has 6 nitrogen and oxygen atoms in total. The number of anilines is 2. The third-order valence-electron chi connectivity index (χ3n) is 5.07. The smallest absolute Gasteiger partial charge is 0.261 e. The average Bonchev–Trinajstić information content (AvgIpc) is 2.97. The summed E-state index contributed by atoms with van der Waals surface area (Å²) in [6, 6.07) is 4.87. The summed E-state index contributed by atoms with van der Waals surface area (Å²) >= 11 is 3.25. The summed E-state index contributed by atoms with van der Waals surface area (Å²) in [6.45, 7) is 6.03. The number of thiophene rings is 1. The highest BCUT2D eigenvalue weighted by Gasteiger charge is 2.34. The maximum atomic E-state index is 14.5. The fraction of sp³-hybridized carbons (Fsp3) is 0.455. The van der Waals surface area contributed by atoms with Crippen LogP contribution in [0.25, 0.3) is 0 Å². The molecule has 31 heavy (non-hydrogen) atoms. The van der Waals surface area contributed by atoms with E-state index in [2.05, 4.69) is 34.7 Å². The van der Waals surface area contributed by atoms with Gasteiger partial charge in [-0.3, -0.25) is 9.59 Å². The molecule has 0 spiro atoms. The van der Waals surface area contributed by atoms with Gasteiger partial charge in [-0.2, -0.15) is 0 Å². The monoisotopic (exact) mass is 558 g/mol. The van der Waals surface area contributed by atoms with E-state index in [1.165, 1.54) is 17.4 Å². The molecule has 9 heteroatoms. The van der Waals surface area contributed by atoms with Crippen LogP contribution in [0.15, 0.2) is 18.2 Å². The van der Waals surface area contributed by atoms with Gasteiger partial charge in [-0.25, -0.2) is 4.39 Å². The van der Waals surface area contributed by atoms with E-state index in [1.54, 1.807) is 12.1 Å². The molecule has 3 N–H and O–H groups in total. The van der Waals surface area contributed by atoms with E-state index in [9.17, 15) is 14.0 Å². The Hall–Kier alpha value is -1.72. The number of halogens is 2. The van der Waals surface area contributed by atoms with Crippen LogP contribution in [0.2, 0.25) is 0 Å². The first-order valence-electron chi connectivity index (χ1n) is 10.2. The van der Waals surface area contributed by atoms with E-state index in [-0.39, 0.29) is 22.9 Å². The number of nitrogens with zero attached hydrogens (tertiary/aromatic N) is 1. The molecule has 0 saturated heterocycles. The van der Waals surface area contributed by atoms with Crippen LogP contribution < -0.4 is 16.0 Å². The molecule has 0 fully saturated rings. The van der Waals surface area contributed by atoms with Gasteiger partial charge in [0, 0.05) is 16.7 Å². The van der Waals surface area contributed by atoms with E-state index in [0.717, 1.165) is 22.1 Å². The summed E-state index contributed by atoms with van der Waals surface area (Å²) in [7, 11) is 3.97. The number of amides is 2. The van der Waals surface area contributed by atoms with Crippen molar-refractivity contribution >= 4 is 56.4 Å². The molecule has 0 unspecified atom stereocenters. The van der Waals surface area contributed by atoms with E-state index in [0.29, 0.717) is 35.0 Å². The quantitative estimate of drug-likeness (QED) is 0.352. The second kappa shape index (κ2) is 9.83. The lowest BCUT2D eigenvalue weighted by Crippen LogP contribution is -2.32. The van der Waals surface area contributed by atoms with Crippen molar-refractivity contribution in [1.29, 1.82) is 0 Å². The zero-order valence-corrected chi connectivity index (χ0v) is 21.2. The minimum absolute atomic E-state index is 0.191. The molecule has 168 valence electrons. The van der Waals surface area contributed by atoms with Gasteiger partial charge in [0.25, 0.3) is 11.8 Å². The van der Waals surface area contributed by atoms with Crippen molar-refractivity contribution in [3.8, 4) is 0 Å². The molecule has 1 aliphatic rings. The number of benzene rings is 1. The second-order valence-corrected chi connectivity index (χ2v) is 11.1. The maximum Gasteiger partial charge on any atom is 0.261 e. The minimum Gasteiger partial charge on any atom is -0.352 e. The maximum absolute atomic E-state index is 14.5. The molecule has 2 heterocycles. The van der Waals surface area contributed by atoms with Gasteiger partial charge < -0.3 is 20.9 Å². The van der Waals surface area contributed by atoms with Gasteiger partial charge in [0.05, 0.1) is 16.1 Å². The van der Waals surface area contributed by atoms with Crippen LogP contribution >= 0.6 is 33.9 Å². The lowest BCUT2D eigenvalue weighted by Gasteiger charge is -2.22. The molecule has 0 atom stereocenters. The van der Waals surface area contributed by atoms with Crippen LogP contribution in [-0.4, -0.2) is 50.4 Å². The molecular formula is C22H28FIN4O2S. The summed E-state index contributed by atoms with van der Waals surface area (Å²) in [5, 5.41) is 9.49. The van der Waals surface area contributed by atoms with E-state index >= 15 is 0 Å². The number of rotatable bonds is 7. The first-order chi connectivity index (χ1) is 14.6. The molecule has 3 rings (SSSR count). The van der Waals surface area contributed by atoms with Crippen molar-refractivity contribution in [2.24, 2.45) is 5.41 Å². The topological polar surface area (TPSA) is 73.5 Å². The Labute approximate surface area is 200 Å². The molecule has 0 aliphatic carbocycles. The number of hydrogen-bond acceptors (Lipinski definition) is 5. The van der Waals surface area contributed by atoms with E-state index in [1.807, 2.05) is 36.7 Å². The number of carbonyl (C=O) groups is 2. The van der Waals surface area contributed by atoms with Crippen molar-refractivity contribution < 1.29 is 14.0 Å². The highest BCUT2D eigenvalue weighted by Crippen LogP contribution is 2.40. The molecule has 1 aliphatic heterocycles. The molecule has 0 saturated carbocycles. The van der Waals surface area contributed by atoms with Gasteiger partial charge in [0.2, 0.25) is 0 Å². The van der Waals surface area contributed by atoms with Crippen LogP contribution in [0.4, 0.5) is 15.1 Å². The largest absolute Gasteiger partial charge is 0.352 e. The Balaban J connectivity index is 1.98. The number of hydrogen-bond donors (Lipinski definition) is 3. The predicted molar refractivity (Wildman–Crippen MR) is 132 cm³/mol. The zero-order chi connectivity index (χ0) is 22.8. The first kappa shape index (κ1) is 23.9. The third-order valence-corrected chi connectivity index (χ3v) is 6.89. The molecule has 0 radical (unpaired) electrons. The lowest BCUT2D eigenvalue weighted by atomic mass is 9.85. The molecule has 2 aromatic rings. The van der Waals surface area contributed by atoms with Crippen molar-refractivity contribution in [3.05, 3.63) is 43.6 Å². The first-order valence-corrected chi connectivity index (χ1v) is 12.1. The van der Waals surface area contributed by atoms with E-state index in [4.69, 9.17) is 0 Å². The Bertz CT molecular complexity index is 990. The van der Waals surface area contributed by atoms with Gasteiger partial charge in [0.1, 0.15) is 10.8 Å². The fourth-order valence-corrected chi connectivity index (χ4v) is 5.08. The molecule has 2 amide bonds. The Kier molecular flexibility index (Phi) is 7.59. The zero-order valence-electron chi connectivity index (χ0n) is 18.2. The fourth-order valence-electron chi connectivity index (χ4n) is 3.49. The summed E-state index contributed by atoms with van der Waals surface area (Å²) in [5.41, 5.74) is 1.24. The van der Waals surface area contributed by atoms with Crippen molar-refractivity contribution in [1.82, 2.24) is 15.5 Å². The van der Waals surface area contributed by atoms with Gasteiger partial charge in [-0.15, -0.1) is 11.3 Å². The summed E-state index contributed by atoms with van der Waals surface area (Å²) < 4.78 is 15.3. The second-order valence-electron chi connectivity index (χ2n) is 8.80. The SMILES string of the molecule is CN(C)CCCNC(=O)c1c(Nc2ccc(I)cc2F)sc2c1CC(C)(C)CNC2=O. The summed E-state index contributed by atoms with van der Waals surface area (Å²) in [4.78, 5) is 28.5. The van der Waals surface area contributed by atoms with Gasteiger partial charge in [0.15, 0.2) is 0 Å². The van der Waals surface area contributed by atoms with Gasteiger partial charge in [-0.1, -0.05) is 13.8 Å². The molecule has 1 aromatic heterocycles. The van der Waals surface area contributed by atoms with Gasteiger partial charge >= 0.3 is 0 Å². The summed E-state index contributed by atoms with van der Waals surface area (Å²) in [6.07, 6.45) is 1.39. The Morgan fingerprint density at radius 2 is 2.10 bits per heavy atom. The van der Waals surface area contributed by atoms with Crippen LogP contribution in [0, 0.1) is 14.8 Å². The van der Waals surface area contributed by atoms with Crippen molar-refractivity contribution in [2.75, 3.05) is 39.0 Å². The normalized spacial score (nSPS) is 15.3. The number of nitrogens with one attached hydrogen (secondary N) is 3. The van der Waals surface area contributed by atoms with Crippen molar-refractivity contribution in [3.63, 3.8) is 0 Å². The highest BCUT2D eigenvalue weighted by molar-refractivity contribution is 14.1. The molecule has 0 bridgehead atoms. The number of carbonyl (C=O) groups excluding carboxylic acids is 2. The molecule has 1 aromatic carbocycles. The van der Waals surface area contributed by atoms with Crippen LogP contribution in [0.1, 0.15) is 45.9 Å². The van der Waals surface area contributed by atoms with Crippen LogP contribution in [0.3, 0.4) is 0 Å². The van der Waals surface area contributed by atoms with Gasteiger partial charge in [-0.05, 0) is 85.3 Å². The number of fused-ring (bicyclic) bond motifs is 1. The summed E-state index contributed by atoms with van der Waals surface area (Å²) in [5.74, 6) is -0.837. The highest BCUT2D eigenvalue weighted by atomic mass is 127. The Morgan fingerprint density at radius 3 is 2.77 bits per heavy atom. The Morgan fingerprint density at radius 1 is 1.35 bits per heavy atom. The standard InChI is InChI=1S/C22H28FIN4O2S/c1-22(2)11-14-17(19(29)25-8-5-9-28(3)4)21(31-18(14)20(30)26-12-22)27-16-7-6-13(24)10-15(16)23/h6-7,10,27H,5,8-9,11-12H2,1-4H3,(H,25,29)(H,26,30). The van der Waals surface area contributed by atoms with E-state index < -0.39 is 5.82 Å². The average molecular weight is 558 g/mol. The van der Waals surface area contributed by atoms with Crippen molar-refractivity contribution in [2.45, 2.75) is 26.7 Å². The lowest BCUT2D eigenvalue weighted by molar-refractivity contribution is 0.0944. The van der Waals surface area contributed by atoms with Crippen LogP contribution in [-0.2, 0) is 6.42 Å². The molecular weight excluding hydrogens is 530 g/mol.